The summed E-state index contributed by atoms with van der Waals surface area (Å²) in [6.45, 7) is 3.19. The normalized spacial score (nSPS) is 10.6. The quantitative estimate of drug-likeness (QED) is 0.219. The van der Waals surface area contributed by atoms with Crippen LogP contribution in [-0.2, 0) is 20.3 Å². The number of rotatable bonds is 7. The molecule has 0 unspecified atom stereocenters. The lowest BCUT2D eigenvalue weighted by molar-refractivity contribution is -0.665. The first kappa shape index (κ1) is 24.7. The van der Waals surface area contributed by atoms with Crippen LogP contribution in [0.5, 0.6) is 11.5 Å². The minimum Gasteiger partial charge on any atom is -1.00 e. The van der Waals surface area contributed by atoms with E-state index in [1.807, 2.05) is 48.5 Å². The predicted molar refractivity (Wildman–Crippen MR) is 137 cm³/mol. The van der Waals surface area contributed by atoms with Crippen molar-refractivity contribution in [2.45, 2.75) is 20.1 Å². The monoisotopic (exact) mass is 573 g/mol. The maximum absolute atomic E-state index is 6.53. The van der Waals surface area contributed by atoms with Gasteiger partial charge in [0.05, 0.1) is 10.9 Å². The van der Waals surface area contributed by atoms with Gasteiger partial charge in [0, 0.05) is 12.3 Å². The first-order valence-corrected chi connectivity index (χ1v) is 11.6. The van der Waals surface area contributed by atoms with E-state index in [4.69, 9.17) is 9.47 Å². The van der Waals surface area contributed by atoms with Crippen molar-refractivity contribution in [2.75, 3.05) is 0 Å². The van der Waals surface area contributed by atoms with Gasteiger partial charge in [-0.25, -0.2) is 0 Å². The summed E-state index contributed by atoms with van der Waals surface area (Å²) in [4.78, 5) is 0. The first-order chi connectivity index (χ1) is 16.7. The Balaban J connectivity index is 0.00000289. The number of halogens is 1. The molecule has 1 aromatic heterocycles. The molecule has 0 saturated carbocycles. The highest BCUT2D eigenvalue weighted by molar-refractivity contribution is 5.94. The van der Waals surface area contributed by atoms with Gasteiger partial charge in [0.2, 0.25) is 0 Å². The van der Waals surface area contributed by atoms with Crippen molar-refractivity contribution in [3.05, 3.63) is 126 Å². The highest BCUT2D eigenvalue weighted by atomic mass is 127. The average molecular weight is 573 g/mol. The molecule has 35 heavy (non-hydrogen) atoms. The lowest BCUT2D eigenvalue weighted by Crippen LogP contribution is -3.00. The Kier molecular flexibility index (Phi) is 8.03. The molecule has 5 rings (SSSR count). The summed E-state index contributed by atoms with van der Waals surface area (Å²) in [6.07, 6.45) is 0. The third kappa shape index (κ3) is 5.49. The smallest absolute Gasteiger partial charge is 0.255 e. The van der Waals surface area contributed by atoms with Crippen molar-refractivity contribution >= 4 is 10.8 Å². The van der Waals surface area contributed by atoms with E-state index in [2.05, 4.69) is 79.2 Å². The number of aryl methyl sites for hydroxylation is 1. The molecule has 4 aromatic carbocycles. The minimum atomic E-state index is 0. The van der Waals surface area contributed by atoms with Crippen LogP contribution < -0.4 is 38.0 Å². The Morgan fingerprint density at radius 3 is 1.77 bits per heavy atom. The van der Waals surface area contributed by atoms with Crippen molar-refractivity contribution in [3.8, 4) is 22.8 Å². The topological polar surface area (TPSA) is 22.3 Å². The van der Waals surface area contributed by atoms with Gasteiger partial charge in [-0.05, 0) is 41.5 Å². The fourth-order valence-corrected chi connectivity index (χ4v) is 4.28. The van der Waals surface area contributed by atoms with Gasteiger partial charge in [-0.15, -0.1) is 0 Å². The van der Waals surface area contributed by atoms with Crippen LogP contribution in [0.2, 0.25) is 0 Å². The Hall–Kier alpha value is -3.38. The fraction of sp³-hybridized carbons (Fsp3) is 0.129. The number of benzene rings is 4. The molecule has 0 N–H and O–H groups in total. The molecule has 0 bridgehead atoms. The van der Waals surface area contributed by atoms with Crippen molar-refractivity contribution in [3.63, 3.8) is 0 Å². The van der Waals surface area contributed by atoms with Crippen LogP contribution in [0.25, 0.3) is 22.0 Å². The molecule has 1 heterocycles. The summed E-state index contributed by atoms with van der Waals surface area (Å²) in [5.74, 6) is 1.73. The highest BCUT2D eigenvalue weighted by Crippen LogP contribution is 2.37. The number of pyridine rings is 1. The second-order valence-electron chi connectivity index (χ2n) is 8.44. The summed E-state index contributed by atoms with van der Waals surface area (Å²) < 4.78 is 14.9. The van der Waals surface area contributed by atoms with E-state index in [1.54, 1.807) is 0 Å². The van der Waals surface area contributed by atoms with Crippen LogP contribution >= 0.6 is 0 Å². The molecule has 0 saturated heterocycles. The van der Waals surface area contributed by atoms with Gasteiger partial charge in [0.15, 0.2) is 11.4 Å². The summed E-state index contributed by atoms with van der Waals surface area (Å²) in [5.41, 5.74) is 5.64. The van der Waals surface area contributed by atoms with E-state index >= 15 is 0 Å². The lowest BCUT2D eigenvalue weighted by atomic mass is 10.0. The Labute approximate surface area is 224 Å². The minimum absolute atomic E-state index is 0. The Morgan fingerprint density at radius 2 is 1.17 bits per heavy atom. The first-order valence-electron chi connectivity index (χ1n) is 11.6. The van der Waals surface area contributed by atoms with Gasteiger partial charge in [0.1, 0.15) is 26.0 Å². The van der Waals surface area contributed by atoms with E-state index in [9.17, 15) is 0 Å². The summed E-state index contributed by atoms with van der Waals surface area (Å²) >= 11 is 0. The van der Waals surface area contributed by atoms with Gasteiger partial charge in [-0.3, -0.25) is 0 Å². The van der Waals surface area contributed by atoms with Crippen molar-refractivity contribution < 1.29 is 38.0 Å². The van der Waals surface area contributed by atoms with E-state index in [0.29, 0.717) is 13.2 Å². The molecule has 4 heteroatoms. The number of aromatic nitrogens is 1. The molecule has 5 aromatic rings. The van der Waals surface area contributed by atoms with Crippen LogP contribution in [-0.4, -0.2) is 0 Å². The maximum Gasteiger partial charge on any atom is 0.255 e. The fourth-order valence-electron chi connectivity index (χ4n) is 4.28. The van der Waals surface area contributed by atoms with E-state index in [1.165, 1.54) is 0 Å². The molecule has 0 aliphatic carbocycles. The molecule has 0 amide bonds. The molecule has 0 fully saturated rings. The number of ether oxygens (including phenoxy) is 2. The molecule has 0 atom stereocenters. The van der Waals surface area contributed by atoms with Crippen LogP contribution in [0.4, 0.5) is 0 Å². The number of hydrogen-bond donors (Lipinski definition) is 0. The molecule has 176 valence electrons. The van der Waals surface area contributed by atoms with Crippen molar-refractivity contribution in [2.24, 2.45) is 7.05 Å². The van der Waals surface area contributed by atoms with Gasteiger partial charge in [0.25, 0.3) is 5.69 Å². The largest absolute Gasteiger partial charge is 1.00 e. The molecular formula is C31H28INO2. The van der Waals surface area contributed by atoms with E-state index in [0.717, 1.165) is 50.3 Å². The zero-order valence-corrected chi connectivity index (χ0v) is 22.1. The summed E-state index contributed by atoms with van der Waals surface area (Å²) in [7, 11) is 2.10. The van der Waals surface area contributed by atoms with Crippen molar-refractivity contribution in [1.29, 1.82) is 0 Å². The van der Waals surface area contributed by atoms with Gasteiger partial charge >= 0.3 is 0 Å². The third-order valence-electron chi connectivity index (χ3n) is 6.20. The highest BCUT2D eigenvalue weighted by Gasteiger charge is 2.25. The van der Waals surface area contributed by atoms with Crippen LogP contribution in [0.3, 0.4) is 0 Å². The molecule has 0 spiro atoms. The van der Waals surface area contributed by atoms with Gasteiger partial charge < -0.3 is 33.5 Å². The molecule has 3 nitrogen and oxygen atoms in total. The molecule has 0 radical (unpaired) electrons. The standard InChI is InChI=1S/C31H28NO2.HI/c1-23-29-20-27(33-21-24-12-6-3-7-13-24)18-19-28(29)31(34-22-25-14-8-4-9-15-25)30(32(23)2)26-16-10-5-11-17-26;/h3-20H,21-22H2,1-2H3;1H/q+1;/p-1. The van der Waals surface area contributed by atoms with Crippen LogP contribution in [0, 0.1) is 6.92 Å². The van der Waals surface area contributed by atoms with Gasteiger partial charge in [-0.1, -0.05) is 78.9 Å². The van der Waals surface area contributed by atoms with E-state index in [-0.39, 0.29) is 24.0 Å². The zero-order chi connectivity index (χ0) is 23.3. The number of nitrogens with zero attached hydrogens (tertiary/aromatic N) is 1. The van der Waals surface area contributed by atoms with Crippen molar-refractivity contribution in [1.82, 2.24) is 0 Å². The SMILES string of the molecule is Cc1c2cc(OCc3ccccc3)ccc2c(OCc2ccccc2)c(-c2ccccc2)[n+]1C.[I-]. The predicted octanol–water partition coefficient (Wildman–Crippen LogP) is 3.80. The number of hydrogen-bond acceptors (Lipinski definition) is 2. The molecule has 0 aliphatic heterocycles. The summed E-state index contributed by atoms with van der Waals surface area (Å²) in [6, 6.07) is 37.2. The Morgan fingerprint density at radius 1 is 0.629 bits per heavy atom. The second kappa shape index (κ2) is 11.4. The second-order valence-corrected chi connectivity index (χ2v) is 8.44. The third-order valence-corrected chi connectivity index (χ3v) is 6.20. The summed E-state index contributed by atoms with van der Waals surface area (Å²) in [5, 5.41) is 2.20. The molecule has 0 aliphatic rings. The maximum atomic E-state index is 6.53. The zero-order valence-electron chi connectivity index (χ0n) is 19.9. The average Bonchev–Trinajstić information content (AvgIpc) is 2.90. The Bertz CT molecular complexity index is 1400. The van der Waals surface area contributed by atoms with Crippen LogP contribution in [0.15, 0.2) is 109 Å². The number of fused-ring (bicyclic) bond motifs is 1. The lowest BCUT2D eigenvalue weighted by Gasteiger charge is -2.16. The van der Waals surface area contributed by atoms with E-state index < -0.39 is 0 Å². The van der Waals surface area contributed by atoms with Crippen LogP contribution in [0.1, 0.15) is 16.8 Å². The van der Waals surface area contributed by atoms with Gasteiger partial charge in [-0.2, -0.15) is 4.57 Å². The molecular weight excluding hydrogens is 545 g/mol.